The number of rotatable bonds is 2. The van der Waals surface area contributed by atoms with Gasteiger partial charge in [-0.25, -0.2) is 4.79 Å². The van der Waals surface area contributed by atoms with Crippen LogP contribution in [0.1, 0.15) is 27.2 Å². The van der Waals surface area contributed by atoms with E-state index in [1.54, 1.807) is 4.90 Å². The molecule has 1 aliphatic rings. The fourth-order valence-electron chi connectivity index (χ4n) is 2.20. The summed E-state index contributed by atoms with van der Waals surface area (Å²) in [6, 6.07) is 6.11. The van der Waals surface area contributed by atoms with Gasteiger partial charge in [0.25, 0.3) is 0 Å². The summed E-state index contributed by atoms with van der Waals surface area (Å²) in [5.74, 6) is 0. The van der Waals surface area contributed by atoms with Crippen LogP contribution in [0.2, 0.25) is 5.02 Å². The largest absolute Gasteiger partial charge is 0.444 e. The van der Waals surface area contributed by atoms with Gasteiger partial charge in [0.1, 0.15) is 5.60 Å². The minimum absolute atomic E-state index is 0.204. The average molecular weight is 423 g/mol. The topological polar surface area (TPSA) is 41.6 Å². The Morgan fingerprint density at radius 2 is 2.19 bits per heavy atom. The first-order valence-corrected chi connectivity index (χ1v) is 8.40. The lowest BCUT2D eigenvalue weighted by Gasteiger charge is -2.24. The van der Waals surface area contributed by atoms with E-state index in [0.29, 0.717) is 18.1 Å². The molecule has 1 amide bonds. The number of anilines is 1. The lowest BCUT2D eigenvalue weighted by atomic mass is 10.2. The summed E-state index contributed by atoms with van der Waals surface area (Å²) in [4.78, 5) is 13.8. The number of benzene rings is 1. The lowest BCUT2D eigenvalue weighted by molar-refractivity contribution is 0.0293. The molecule has 1 fully saturated rings. The van der Waals surface area contributed by atoms with Gasteiger partial charge in [0.2, 0.25) is 0 Å². The van der Waals surface area contributed by atoms with Crippen molar-refractivity contribution in [2.45, 2.75) is 38.8 Å². The molecule has 4 nitrogen and oxygen atoms in total. The smallest absolute Gasteiger partial charge is 0.410 e. The molecule has 1 aromatic carbocycles. The van der Waals surface area contributed by atoms with E-state index in [0.717, 1.165) is 15.7 Å². The highest BCUT2D eigenvalue weighted by atomic mass is 127. The Morgan fingerprint density at radius 3 is 2.81 bits per heavy atom. The molecule has 0 saturated carbocycles. The molecule has 1 aliphatic heterocycles. The van der Waals surface area contributed by atoms with Gasteiger partial charge in [0, 0.05) is 22.7 Å². The van der Waals surface area contributed by atoms with Crippen LogP contribution in [0.15, 0.2) is 18.2 Å². The summed E-state index contributed by atoms with van der Waals surface area (Å²) in [6.45, 7) is 6.97. The quantitative estimate of drug-likeness (QED) is 0.720. The van der Waals surface area contributed by atoms with Crippen LogP contribution in [0.5, 0.6) is 0 Å². The summed E-state index contributed by atoms with van der Waals surface area (Å²) >= 11 is 8.45. The minimum atomic E-state index is -0.456. The number of likely N-dealkylation sites (tertiary alicyclic amines) is 1. The van der Waals surface area contributed by atoms with Gasteiger partial charge in [-0.05, 0) is 68.0 Å². The fourth-order valence-corrected chi connectivity index (χ4v) is 3.11. The highest BCUT2D eigenvalue weighted by Crippen LogP contribution is 2.26. The van der Waals surface area contributed by atoms with E-state index < -0.39 is 5.60 Å². The zero-order valence-corrected chi connectivity index (χ0v) is 15.4. The van der Waals surface area contributed by atoms with Crippen molar-refractivity contribution >= 4 is 46.0 Å². The van der Waals surface area contributed by atoms with Crippen molar-refractivity contribution in [1.82, 2.24) is 4.90 Å². The Morgan fingerprint density at radius 1 is 1.48 bits per heavy atom. The molecular formula is C15H20ClIN2O2. The van der Waals surface area contributed by atoms with Crippen LogP contribution >= 0.6 is 34.2 Å². The number of ether oxygens (including phenoxy) is 1. The van der Waals surface area contributed by atoms with E-state index in [-0.39, 0.29) is 12.1 Å². The predicted octanol–water partition coefficient (Wildman–Crippen LogP) is 4.37. The molecule has 1 unspecified atom stereocenters. The van der Waals surface area contributed by atoms with Crippen molar-refractivity contribution in [1.29, 1.82) is 0 Å². The van der Waals surface area contributed by atoms with Gasteiger partial charge in [0.05, 0.1) is 10.7 Å². The van der Waals surface area contributed by atoms with Gasteiger partial charge in [-0.15, -0.1) is 0 Å². The second kappa shape index (κ2) is 6.60. The maximum atomic E-state index is 12.0. The second-order valence-corrected chi connectivity index (χ2v) is 7.83. The number of halogens is 2. The minimum Gasteiger partial charge on any atom is -0.444 e. The SMILES string of the molecule is CC(C)(C)OC(=O)N1CCC(Nc2ccc(I)cc2Cl)C1. The van der Waals surface area contributed by atoms with Gasteiger partial charge in [-0.1, -0.05) is 11.6 Å². The van der Waals surface area contributed by atoms with Gasteiger partial charge < -0.3 is 15.0 Å². The summed E-state index contributed by atoms with van der Waals surface area (Å²) in [5, 5.41) is 4.11. The molecule has 21 heavy (non-hydrogen) atoms. The van der Waals surface area contributed by atoms with Crippen molar-refractivity contribution < 1.29 is 9.53 Å². The van der Waals surface area contributed by atoms with Crippen LogP contribution in [0, 0.1) is 3.57 Å². The number of hydrogen-bond donors (Lipinski definition) is 1. The van der Waals surface area contributed by atoms with Crippen molar-refractivity contribution in [2.24, 2.45) is 0 Å². The Bertz CT molecular complexity index is 531. The first-order valence-electron chi connectivity index (χ1n) is 6.94. The summed E-state index contributed by atoms with van der Waals surface area (Å²) in [6.07, 6.45) is 0.641. The lowest BCUT2D eigenvalue weighted by Crippen LogP contribution is -2.36. The normalized spacial score (nSPS) is 18.7. The first kappa shape index (κ1) is 16.7. The molecule has 6 heteroatoms. The number of amides is 1. The van der Waals surface area contributed by atoms with Crippen LogP contribution in [0.4, 0.5) is 10.5 Å². The predicted molar refractivity (Wildman–Crippen MR) is 94.0 cm³/mol. The molecule has 2 rings (SSSR count). The van der Waals surface area contributed by atoms with E-state index in [1.807, 2.05) is 39.0 Å². The Hall–Kier alpha value is -0.690. The third kappa shape index (κ3) is 4.92. The molecule has 0 spiro atoms. The molecule has 0 bridgehead atoms. The number of nitrogens with one attached hydrogen (secondary N) is 1. The molecule has 116 valence electrons. The molecule has 0 radical (unpaired) electrons. The van der Waals surface area contributed by atoms with Crippen LogP contribution in [-0.4, -0.2) is 35.7 Å². The highest BCUT2D eigenvalue weighted by Gasteiger charge is 2.29. The second-order valence-electron chi connectivity index (χ2n) is 6.18. The van der Waals surface area contributed by atoms with E-state index >= 15 is 0 Å². The standard InChI is InChI=1S/C15H20ClIN2O2/c1-15(2,3)21-14(20)19-7-6-11(9-19)18-13-5-4-10(17)8-12(13)16/h4-5,8,11,18H,6-7,9H2,1-3H3. The Kier molecular flexibility index (Phi) is 5.24. The summed E-state index contributed by atoms with van der Waals surface area (Å²) in [5.41, 5.74) is 0.454. The van der Waals surface area contributed by atoms with Crippen LogP contribution in [0.25, 0.3) is 0 Å². The van der Waals surface area contributed by atoms with Crippen molar-refractivity contribution in [2.75, 3.05) is 18.4 Å². The number of hydrogen-bond acceptors (Lipinski definition) is 3. The molecule has 1 heterocycles. The van der Waals surface area contributed by atoms with Crippen LogP contribution in [0.3, 0.4) is 0 Å². The fraction of sp³-hybridized carbons (Fsp3) is 0.533. The van der Waals surface area contributed by atoms with E-state index in [9.17, 15) is 4.79 Å². The molecular weight excluding hydrogens is 403 g/mol. The molecule has 1 aromatic rings. The monoisotopic (exact) mass is 422 g/mol. The van der Waals surface area contributed by atoms with E-state index in [1.165, 1.54) is 0 Å². The van der Waals surface area contributed by atoms with Gasteiger partial charge >= 0.3 is 6.09 Å². The molecule has 1 saturated heterocycles. The number of carbonyl (C=O) groups is 1. The number of carbonyl (C=O) groups excluding carboxylic acids is 1. The zero-order chi connectivity index (χ0) is 15.6. The van der Waals surface area contributed by atoms with Crippen molar-refractivity contribution in [3.63, 3.8) is 0 Å². The van der Waals surface area contributed by atoms with Crippen molar-refractivity contribution in [3.05, 3.63) is 26.8 Å². The first-order chi connectivity index (χ1) is 9.74. The highest BCUT2D eigenvalue weighted by molar-refractivity contribution is 14.1. The molecule has 1 atom stereocenters. The summed E-state index contributed by atoms with van der Waals surface area (Å²) < 4.78 is 6.49. The zero-order valence-electron chi connectivity index (χ0n) is 12.5. The maximum absolute atomic E-state index is 12.0. The van der Waals surface area contributed by atoms with E-state index in [2.05, 4.69) is 27.9 Å². The molecule has 0 aromatic heterocycles. The maximum Gasteiger partial charge on any atom is 0.410 e. The van der Waals surface area contributed by atoms with Crippen LogP contribution < -0.4 is 5.32 Å². The van der Waals surface area contributed by atoms with E-state index in [4.69, 9.17) is 16.3 Å². The average Bonchev–Trinajstić information content (AvgIpc) is 2.79. The van der Waals surface area contributed by atoms with Crippen molar-refractivity contribution in [3.8, 4) is 0 Å². The third-order valence-corrected chi connectivity index (χ3v) is 4.11. The van der Waals surface area contributed by atoms with Crippen LogP contribution in [-0.2, 0) is 4.74 Å². The Labute approximate surface area is 144 Å². The number of nitrogens with zero attached hydrogens (tertiary/aromatic N) is 1. The third-order valence-electron chi connectivity index (χ3n) is 3.13. The molecule has 0 aliphatic carbocycles. The van der Waals surface area contributed by atoms with Gasteiger partial charge in [-0.2, -0.15) is 0 Å². The summed E-state index contributed by atoms with van der Waals surface area (Å²) in [7, 11) is 0. The van der Waals surface area contributed by atoms with Gasteiger partial charge in [0.15, 0.2) is 0 Å². The molecule has 1 N–H and O–H groups in total. The Balaban J connectivity index is 1.92. The van der Waals surface area contributed by atoms with Gasteiger partial charge in [-0.3, -0.25) is 0 Å².